The van der Waals surface area contributed by atoms with Crippen LogP contribution in [0.25, 0.3) is 0 Å². The fourth-order valence-corrected chi connectivity index (χ4v) is 4.14. The van der Waals surface area contributed by atoms with Crippen LogP contribution in [0.3, 0.4) is 0 Å². The first kappa shape index (κ1) is 12.9. The van der Waals surface area contributed by atoms with Gasteiger partial charge in [-0.05, 0) is 44.4 Å². The normalized spacial score (nSPS) is 39.5. The molecular formula is C15H27NO2. The predicted molar refractivity (Wildman–Crippen MR) is 71.5 cm³/mol. The van der Waals surface area contributed by atoms with Crippen molar-refractivity contribution in [1.29, 1.82) is 0 Å². The molecule has 0 bridgehead atoms. The summed E-state index contributed by atoms with van der Waals surface area (Å²) in [5.41, 5.74) is 0.213. The molecule has 2 N–H and O–H groups in total. The maximum Gasteiger partial charge on any atom is 0.0697 e. The molecule has 0 aromatic rings. The van der Waals surface area contributed by atoms with Crippen LogP contribution in [0.4, 0.5) is 0 Å². The third-order valence-electron chi connectivity index (χ3n) is 5.30. The summed E-state index contributed by atoms with van der Waals surface area (Å²) in [5, 5.41) is 13.6. The van der Waals surface area contributed by atoms with Crippen molar-refractivity contribution in [3.8, 4) is 0 Å². The van der Waals surface area contributed by atoms with E-state index in [9.17, 15) is 5.11 Å². The Kier molecular flexibility index (Phi) is 3.92. The lowest BCUT2D eigenvalue weighted by Gasteiger charge is -2.39. The second-order valence-corrected chi connectivity index (χ2v) is 6.59. The highest BCUT2D eigenvalue weighted by Gasteiger charge is 2.40. The van der Waals surface area contributed by atoms with E-state index in [2.05, 4.69) is 5.32 Å². The summed E-state index contributed by atoms with van der Waals surface area (Å²) in [7, 11) is 0. The summed E-state index contributed by atoms with van der Waals surface area (Å²) >= 11 is 0. The summed E-state index contributed by atoms with van der Waals surface area (Å²) in [6.07, 6.45) is 10.9. The van der Waals surface area contributed by atoms with Crippen molar-refractivity contribution in [2.24, 2.45) is 5.92 Å². The monoisotopic (exact) mass is 253 g/mol. The Morgan fingerprint density at radius 3 is 2.67 bits per heavy atom. The van der Waals surface area contributed by atoms with Gasteiger partial charge in [0.2, 0.25) is 0 Å². The van der Waals surface area contributed by atoms with Crippen molar-refractivity contribution in [3.05, 3.63) is 0 Å². The Labute approximate surface area is 110 Å². The number of nitrogens with one attached hydrogen (secondary N) is 1. The van der Waals surface area contributed by atoms with Crippen LogP contribution >= 0.6 is 0 Å². The van der Waals surface area contributed by atoms with E-state index in [-0.39, 0.29) is 11.7 Å². The fraction of sp³-hybridized carbons (Fsp3) is 1.00. The summed E-state index contributed by atoms with van der Waals surface area (Å²) in [6.45, 7) is 1.92. The van der Waals surface area contributed by atoms with Gasteiger partial charge < -0.3 is 15.2 Å². The Morgan fingerprint density at radius 1 is 1.11 bits per heavy atom. The van der Waals surface area contributed by atoms with Crippen LogP contribution in [0.15, 0.2) is 0 Å². The van der Waals surface area contributed by atoms with Crippen LogP contribution in [0.1, 0.15) is 57.8 Å². The molecule has 3 atom stereocenters. The van der Waals surface area contributed by atoms with E-state index < -0.39 is 0 Å². The fourth-order valence-electron chi connectivity index (χ4n) is 4.14. The number of aliphatic hydroxyl groups excluding tert-OH is 1. The van der Waals surface area contributed by atoms with Gasteiger partial charge >= 0.3 is 0 Å². The minimum absolute atomic E-state index is 0.0576. The SMILES string of the molecule is OC1CCCC1CNC1CCOC2(CCCC2)C1. The van der Waals surface area contributed by atoms with Gasteiger partial charge in [-0.3, -0.25) is 0 Å². The summed E-state index contributed by atoms with van der Waals surface area (Å²) in [6, 6.07) is 0.615. The minimum Gasteiger partial charge on any atom is -0.393 e. The maximum atomic E-state index is 9.86. The van der Waals surface area contributed by atoms with Gasteiger partial charge in [-0.15, -0.1) is 0 Å². The molecule has 1 spiro atoms. The number of ether oxygens (including phenoxy) is 1. The summed E-state index contributed by atoms with van der Waals surface area (Å²) in [5.74, 6) is 0.493. The van der Waals surface area contributed by atoms with Crippen LogP contribution in [-0.4, -0.2) is 36.0 Å². The average Bonchev–Trinajstić information content (AvgIpc) is 2.97. The van der Waals surface area contributed by atoms with Gasteiger partial charge in [0.25, 0.3) is 0 Å². The van der Waals surface area contributed by atoms with Gasteiger partial charge in [0.05, 0.1) is 11.7 Å². The summed E-state index contributed by atoms with van der Waals surface area (Å²) in [4.78, 5) is 0. The van der Waals surface area contributed by atoms with Crippen molar-refractivity contribution in [2.45, 2.75) is 75.5 Å². The zero-order chi connectivity index (χ0) is 12.4. The highest BCUT2D eigenvalue weighted by Crippen LogP contribution is 2.40. The Balaban J connectivity index is 1.47. The van der Waals surface area contributed by atoms with Crippen LogP contribution < -0.4 is 5.32 Å². The van der Waals surface area contributed by atoms with Crippen LogP contribution in [0.5, 0.6) is 0 Å². The van der Waals surface area contributed by atoms with Crippen molar-refractivity contribution in [3.63, 3.8) is 0 Å². The molecule has 1 aliphatic heterocycles. The molecule has 3 aliphatic rings. The lowest BCUT2D eigenvalue weighted by Crippen LogP contribution is -2.47. The molecule has 2 aliphatic carbocycles. The molecule has 2 saturated carbocycles. The van der Waals surface area contributed by atoms with E-state index >= 15 is 0 Å². The number of aliphatic hydroxyl groups is 1. The first-order chi connectivity index (χ1) is 8.77. The molecule has 1 saturated heterocycles. The van der Waals surface area contributed by atoms with Crippen LogP contribution in [0.2, 0.25) is 0 Å². The molecule has 0 amide bonds. The standard InChI is InChI=1S/C15H27NO2/c17-14-5-3-4-12(14)11-16-13-6-9-18-15(10-13)7-1-2-8-15/h12-14,16-17H,1-11H2. The molecule has 3 fully saturated rings. The first-order valence-corrected chi connectivity index (χ1v) is 7.83. The highest BCUT2D eigenvalue weighted by atomic mass is 16.5. The van der Waals surface area contributed by atoms with E-state index in [0.29, 0.717) is 12.0 Å². The largest absolute Gasteiger partial charge is 0.393 e. The number of hydrogen-bond donors (Lipinski definition) is 2. The van der Waals surface area contributed by atoms with E-state index in [1.54, 1.807) is 0 Å². The highest BCUT2D eigenvalue weighted by molar-refractivity contribution is 4.94. The molecule has 3 heteroatoms. The number of hydrogen-bond acceptors (Lipinski definition) is 3. The smallest absolute Gasteiger partial charge is 0.0697 e. The van der Waals surface area contributed by atoms with E-state index in [1.807, 2.05) is 0 Å². The zero-order valence-corrected chi connectivity index (χ0v) is 11.4. The molecule has 18 heavy (non-hydrogen) atoms. The second-order valence-electron chi connectivity index (χ2n) is 6.59. The second kappa shape index (κ2) is 5.48. The molecule has 3 rings (SSSR count). The lowest BCUT2D eigenvalue weighted by atomic mass is 9.88. The molecule has 0 aromatic heterocycles. The third-order valence-corrected chi connectivity index (χ3v) is 5.30. The van der Waals surface area contributed by atoms with E-state index in [0.717, 1.165) is 26.0 Å². The Morgan fingerprint density at radius 2 is 1.94 bits per heavy atom. The molecular weight excluding hydrogens is 226 g/mol. The molecule has 0 radical (unpaired) electrons. The van der Waals surface area contributed by atoms with Crippen molar-refractivity contribution in [2.75, 3.05) is 13.2 Å². The Bertz CT molecular complexity index is 276. The van der Waals surface area contributed by atoms with Crippen LogP contribution in [-0.2, 0) is 4.74 Å². The molecule has 1 heterocycles. The van der Waals surface area contributed by atoms with Gasteiger partial charge in [-0.2, -0.15) is 0 Å². The predicted octanol–water partition coefficient (Wildman–Crippen LogP) is 2.23. The van der Waals surface area contributed by atoms with Gasteiger partial charge in [-0.25, -0.2) is 0 Å². The topological polar surface area (TPSA) is 41.5 Å². The molecule has 3 nitrogen and oxygen atoms in total. The third kappa shape index (κ3) is 2.73. The molecule has 0 aromatic carbocycles. The van der Waals surface area contributed by atoms with Crippen molar-refractivity contribution >= 4 is 0 Å². The van der Waals surface area contributed by atoms with Crippen LogP contribution in [0, 0.1) is 5.92 Å². The summed E-state index contributed by atoms with van der Waals surface area (Å²) < 4.78 is 6.06. The maximum absolute atomic E-state index is 9.86. The van der Waals surface area contributed by atoms with Gasteiger partial charge in [0.1, 0.15) is 0 Å². The lowest BCUT2D eigenvalue weighted by molar-refractivity contribution is -0.0841. The van der Waals surface area contributed by atoms with E-state index in [1.165, 1.54) is 44.9 Å². The number of rotatable bonds is 3. The zero-order valence-electron chi connectivity index (χ0n) is 11.4. The van der Waals surface area contributed by atoms with Crippen molar-refractivity contribution < 1.29 is 9.84 Å². The quantitative estimate of drug-likeness (QED) is 0.810. The average molecular weight is 253 g/mol. The van der Waals surface area contributed by atoms with Gasteiger partial charge in [0, 0.05) is 19.2 Å². The molecule has 3 unspecified atom stereocenters. The Hall–Kier alpha value is -0.120. The minimum atomic E-state index is -0.0576. The molecule has 104 valence electrons. The van der Waals surface area contributed by atoms with Gasteiger partial charge in [0.15, 0.2) is 0 Å². The van der Waals surface area contributed by atoms with Crippen molar-refractivity contribution in [1.82, 2.24) is 5.32 Å². The first-order valence-electron chi connectivity index (χ1n) is 7.83. The van der Waals surface area contributed by atoms with E-state index in [4.69, 9.17) is 4.74 Å². The van der Waals surface area contributed by atoms with Gasteiger partial charge in [-0.1, -0.05) is 19.3 Å².